The molecule has 0 aromatic carbocycles. The number of aromatic nitrogens is 4. The van der Waals surface area contributed by atoms with Gasteiger partial charge in [-0.3, -0.25) is 9.59 Å². The number of hydrogen-bond donors (Lipinski definition) is 2. The minimum Gasteiger partial charge on any atom is -0.443 e. The van der Waals surface area contributed by atoms with Gasteiger partial charge in [-0.2, -0.15) is 0 Å². The average molecular weight is 362 g/mol. The lowest BCUT2D eigenvalue weighted by molar-refractivity contribution is -0.142. The molecule has 1 aliphatic rings. The molecule has 3 atom stereocenters. The molecule has 0 radical (unpaired) electrons. The summed E-state index contributed by atoms with van der Waals surface area (Å²) in [6.07, 6.45) is 4.01. The van der Waals surface area contributed by atoms with Crippen LogP contribution in [0.25, 0.3) is 11.6 Å². The number of aliphatic hydroxyl groups excluding tert-OH is 1. The Bertz CT molecular complexity index is 772. The molecule has 1 saturated heterocycles. The lowest BCUT2D eigenvalue weighted by Crippen LogP contribution is -2.48. The largest absolute Gasteiger partial charge is 0.443 e. The molecule has 1 fully saturated rings. The Morgan fingerprint density at radius 1 is 1.42 bits per heavy atom. The maximum atomic E-state index is 13.2. The molecule has 10 nitrogen and oxygen atoms in total. The molecule has 0 aliphatic carbocycles. The number of aliphatic hydroxyl groups is 1. The van der Waals surface area contributed by atoms with Gasteiger partial charge in [0.05, 0.1) is 18.5 Å². The van der Waals surface area contributed by atoms with E-state index in [9.17, 15) is 14.7 Å². The molecule has 10 heteroatoms. The van der Waals surface area contributed by atoms with Gasteiger partial charge in [-0.25, -0.2) is 9.67 Å². The second kappa shape index (κ2) is 7.24. The maximum absolute atomic E-state index is 13.2. The van der Waals surface area contributed by atoms with Gasteiger partial charge in [0, 0.05) is 20.0 Å². The van der Waals surface area contributed by atoms with Crippen molar-refractivity contribution in [3.63, 3.8) is 0 Å². The molecule has 3 rings (SSSR count). The second-order valence-electron chi connectivity index (χ2n) is 6.62. The highest BCUT2D eigenvalue weighted by atomic mass is 16.3. The van der Waals surface area contributed by atoms with Crippen molar-refractivity contribution in [2.24, 2.45) is 5.92 Å². The van der Waals surface area contributed by atoms with Gasteiger partial charge in [0.1, 0.15) is 18.3 Å². The zero-order chi connectivity index (χ0) is 18.8. The first kappa shape index (κ1) is 18.1. The van der Waals surface area contributed by atoms with Crippen molar-refractivity contribution in [3.8, 4) is 11.6 Å². The Labute approximate surface area is 150 Å². The van der Waals surface area contributed by atoms with Crippen LogP contribution in [0.2, 0.25) is 0 Å². The highest BCUT2D eigenvalue weighted by molar-refractivity contribution is 5.89. The molecule has 2 amide bonds. The maximum Gasteiger partial charge on any atom is 0.248 e. The standard InChI is InChI=1S/C16H22N6O4/c1-9(2)13(22-8-11(19-20-22)15-18-4-5-26-15)16(25)21-7-10(23)6-12(21)14(24)17-3/h4-5,8-10,12-13,23H,6-7H2,1-3H3,(H,17,24). The number of amides is 2. The monoisotopic (exact) mass is 362 g/mol. The zero-order valence-electron chi connectivity index (χ0n) is 14.9. The predicted molar refractivity (Wildman–Crippen MR) is 89.6 cm³/mol. The lowest BCUT2D eigenvalue weighted by Gasteiger charge is -2.29. The summed E-state index contributed by atoms with van der Waals surface area (Å²) in [5.41, 5.74) is 0.415. The number of nitrogens with zero attached hydrogens (tertiary/aromatic N) is 5. The van der Waals surface area contributed by atoms with E-state index in [0.29, 0.717) is 11.6 Å². The van der Waals surface area contributed by atoms with Gasteiger partial charge in [-0.1, -0.05) is 19.1 Å². The topological polar surface area (TPSA) is 126 Å². The minimum absolute atomic E-state index is 0.107. The van der Waals surface area contributed by atoms with E-state index in [-0.39, 0.29) is 30.7 Å². The molecule has 2 aromatic rings. The number of likely N-dealkylation sites (N-methyl/N-ethyl adjacent to an activating group) is 1. The Morgan fingerprint density at radius 3 is 2.81 bits per heavy atom. The van der Waals surface area contributed by atoms with Crippen molar-refractivity contribution in [1.82, 2.24) is 30.2 Å². The van der Waals surface area contributed by atoms with Crippen molar-refractivity contribution < 1.29 is 19.1 Å². The van der Waals surface area contributed by atoms with Crippen LogP contribution < -0.4 is 5.32 Å². The normalized spacial score (nSPS) is 21.2. The summed E-state index contributed by atoms with van der Waals surface area (Å²) in [7, 11) is 1.51. The van der Waals surface area contributed by atoms with Gasteiger partial charge < -0.3 is 19.7 Å². The van der Waals surface area contributed by atoms with Gasteiger partial charge >= 0.3 is 0 Å². The van der Waals surface area contributed by atoms with Crippen LogP contribution in [-0.4, -0.2) is 67.5 Å². The summed E-state index contributed by atoms with van der Waals surface area (Å²) in [5.74, 6) is -0.374. The molecule has 3 unspecified atom stereocenters. The molecular formula is C16H22N6O4. The number of β-amino-alcohol motifs (C(OH)–C–C–N with tert-alkyl or cyclic N) is 1. The third kappa shape index (κ3) is 3.32. The van der Waals surface area contributed by atoms with Gasteiger partial charge in [0.2, 0.25) is 17.7 Å². The fourth-order valence-electron chi connectivity index (χ4n) is 3.21. The molecule has 1 aliphatic heterocycles. The first-order valence-electron chi connectivity index (χ1n) is 8.44. The third-order valence-corrected chi connectivity index (χ3v) is 4.44. The molecule has 3 heterocycles. The van der Waals surface area contributed by atoms with E-state index in [0.717, 1.165) is 0 Å². The summed E-state index contributed by atoms with van der Waals surface area (Å²) in [4.78, 5) is 30.7. The number of oxazole rings is 1. The first-order chi connectivity index (χ1) is 12.4. The smallest absolute Gasteiger partial charge is 0.248 e. The van der Waals surface area contributed by atoms with E-state index >= 15 is 0 Å². The number of likely N-dealkylation sites (tertiary alicyclic amines) is 1. The van der Waals surface area contributed by atoms with Crippen molar-refractivity contribution in [1.29, 1.82) is 0 Å². The summed E-state index contributed by atoms with van der Waals surface area (Å²) in [6.45, 7) is 3.88. The van der Waals surface area contributed by atoms with Gasteiger partial charge in [-0.05, 0) is 5.92 Å². The second-order valence-corrected chi connectivity index (χ2v) is 6.62. The van der Waals surface area contributed by atoms with E-state index < -0.39 is 18.2 Å². The van der Waals surface area contributed by atoms with Crippen molar-refractivity contribution >= 4 is 11.8 Å². The fraction of sp³-hybridized carbons (Fsp3) is 0.562. The van der Waals surface area contributed by atoms with Crippen molar-refractivity contribution in [2.45, 2.75) is 38.5 Å². The van der Waals surface area contributed by atoms with E-state index in [4.69, 9.17) is 4.42 Å². The van der Waals surface area contributed by atoms with Gasteiger partial charge in [0.25, 0.3) is 0 Å². The molecule has 2 N–H and O–H groups in total. The number of rotatable bonds is 5. The molecule has 0 bridgehead atoms. The van der Waals surface area contributed by atoms with Crippen LogP contribution in [0.15, 0.2) is 23.1 Å². The number of nitrogens with one attached hydrogen (secondary N) is 1. The minimum atomic E-state index is -0.729. The predicted octanol–water partition coefficient (Wildman–Crippen LogP) is -0.162. The van der Waals surface area contributed by atoms with Crippen LogP contribution in [-0.2, 0) is 9.59 Å². The van der Waals surface area contributed by atoms with E-state index in [1.165, 1.54) is 29.1 Å². The van der Waals surface area contributed by atoms with Gasteiger partial charge in [0.15, 0.2) is 5.69 Å². The van der Waals surface area contributed by atoms with Crippen LogP contribution in [0.5, 0.6) is 0 Å². The Kier molecular flexibility index (Phi) is 5.03. The molecular weight excluding hydrogens is 340 g/mol. The lowest BCUT2D eigenvalue weighted by atomic mass is 10.0. The molecule has 0 saturated carbocycles. The van der Waals surface area contributed by atoms with E-state index in [2.05, 4.69) is 20.6 Å². The van der Waals surface area contributed by atoms with Gasteiger partial charge in [-0.15, -0.1) is 5.10 Å². The summed E-state index contributed by atoms with van der Waals surface area (Å²) in [6, 6.07) is -1.36. The summed E-state index contributed by atoms with van der Waals surface area (Å²) in [5, 5.41) is 20.6. The molecule has 26 heavy (non-hydrogen) atoms. The summed E-state index contributed by atoms with van der Waals surface area (Å²) >= 11 is 0. The van der Waals surface area contributed by atoms with E-state index in [1.807, 2.05) is 13.8 Å². The van der Waals surface area contributed by atoms with Crippen molar-refractivity contribution in [2.75, 3.05) is 13.6 Å². The van der Waals surface area contributed by atoms with E-state index in [1.54, 1.807) is 6.20 Å². The number of hydrogen-bond acceptors (Lipinski definition) is 7. The zero-order valence-corrected chi connectivity index (χ0v) is 14.9. The Hall–Kier alpha value is -2.75. The molecule has 2 aromatic heterocycles. The van der Waals surface area contributed by atoms with Crippen LogP contribution in [0.4, 0.5) is 0 Å². The van der Waals surface area contributed by atoms with Crippen molar-refractivity contribution in [3.05, 3.63) is 18.7 Å². The van der Waals surface area contributed by atoms with Crippen LogP contribution in [0.1, 0.15) is 26.3 Å². The van der Waals surface area contributed by atoms with Crippen LogP contribution >= 0.6 is 0 Å². The van der Waals surface area contributed by atoms with Crippen LogP contribution in [0.3, 0.4) is 0 Å². The summed E-state index contributed by atoms with van der Waals surface area (Å²) < 4.78 is 6.66. The number of carbonyl (C=O) groups excluding carboxylic acids is 2. The molecule has 0 spiro atoms. The third-order valence-electron chi connectivity index (χ3n) is 4.44. The highest BCUT2D eigenvalue weighted by Gasteiger charge is 2.42. The first-order valence-corrected chi connectivity index (χ1v) is 8.44. The SMILES string of the molecule is CNC(=O)C1CC(O)CN1C(=O)C(C(C)C)n1cc(-c2ncco2)nn1. The molecule has 140 valence electrons. The number of carbonyl (C=O) groups is 2. The fourth-order valence-corrected chi connectivity index (χ4v) is 3.21. The quantitative estimate of drug-likeness (QED) is 0.756. The Balaban J connectivity index is 1.88. The Morgan fingerprint density at radius 2 is 2.19 bits per heavy atom. The average Bonchev–Trinajstić information content (AvgIpc) is 3.33. The van der Waals surface area contributed by atoms with Crippen LogP contribution in [0, 0.1) is 5.92 Å². The highest BCUT2D eigenvalue weighted by Crippen LogP contribution is 2.27.